The molecule has 0 saturated carbocycles. The predicted octanol–water partition coefficient (Wildman–Crippen LogP) is 0.718. The van der Waals surface area contributed by atoms with Crippen LogP contribution >= 0.6 is 0 Å². The molecule has 2 aliphatic heterocycles. The summed E-state index contributed by atoms with van der Waals surface area (Å²) in [4.78, 5) is 7.42. The summed E-state index contributed by atoms with van der Waals surface area (Å²) in [6.45, 7) is 3.65. The van der Waals surface area contributed by atoms with Crippen molar-refractivity contribution >= 4 is 5.71 Å². The lowest BCUT2D eigenvalue weighted by molar-refractivity contribution is 0.178. The Morgan fingerprint density at radius 1 is 1.69 bits per heavy atom. The SMILES string of the molecule is C#CCO/N=C1\CN2CCCC1C2. The number of fused-ring (bicyclic) bond motifs is 2. The van der Waals surface area contributed by atoms with Crippen LogP contribution in [0.4, 0.5) is 0 Å². The topological polar surface area (TPSA) is 24.8 Å². The van der Waals surface area contributed by atoms with Crippen LogP contribution in [0.5, 0.6) is 0 Å². The van der Waals surface area contributed by atoms with Crippen molar-refractivity contribution in [3.05, 3.63) is 0 Å². The Morgan fingerprint density at radius 3 is 3.38 bits per heavy atom. The van der Waals surface area contributed by atoms with E-state index >= 15 is 0 Å². The van der Waals surface area contributed by atoms with Crippen molar-refractivity contribution in [1.29, 1.82) is 0 Å². The van der Waals surface area contributed by atoms with Crippen LogP contribution in [0, 0.1) is 18.3 Å². The maximum absolute atomic E-state index is 5.07. The molecular weight excluding hydrogens is 164 g/mol. The number of nitrogens with zero attached hydrogens (tertiary/aromatic N) is 2. The van der Waals surface area contributed by atoms with Crippen molar-refractivity contribution in [2.75, 3.05) is 26.2 Å². The average molecular weight is 178 g/mol. The van der Waals surface area contributed by atoms with E-state index in [0.717, 1.165) is 13.1 Å². The van der Waals surface area contributed by atoms with Gasteiger partial charge in [0.1, 0.15) is 0 Å². The summed E-state index contributed by atoms with van der Waals surface area (Å²) in [6.07, 6.45) is 7.61. The van der Waals surface area contributed by atoms with Gasteiger partial charge in [-0.05, 0) is 19.4 Å². The minimum atomic E-state index is 0.288. The van der Waals surface area contributed by atoms with Crippen molar-refractivity contribution < 1.29 is 4.84 Å². The second kappa shape index (κ2) is 3.80. The number of rotatable bonds is 2. The van der Waals surface area contributed by atoms with E-state index in [2.05, 4.69) is 16.0 Å². The first kappa shape index (κ1) is 8.58. The van der Waals surface area contributed by atoms with Gasteiger partial charge in [-0.2, -0.15) is 0 Å². The molecule has 0 N–H and O–H groups in total. The lowest BCUT2D eigenvalue weighted by atomic mass is 9.99. The predicted molar refractivity (Wildman–Crippen MR) is 51.4 cm³/mol. The lowest BCUT2D eigenvalue weighted by Gasteiger charge is -2.19. The summed E-state index contributed by atoms with van der Waals surface area (Å²) in [7, 11) is 0. The van der Waals surface area contributed by atoms with E-state index in [0.29, 0.717) is 5.92 Å². The zero-order valence-corrected chi connectivity index (χ0v) is 7.70. The maximum Gasteiger partial charge on any atom is 0.177 e. The number of hydrogen-bond donors (Lipinski definition) is 0. The van der Waals surface area contributed by atoms with Gasteiger partial charge in [0.2, 0.25) is 0 Å². The van der Waals surface area contributed by atoms with Crippen LogP contribution in [-0.4, -0.2) is 36.9 Å². The molecule has 2 bridgehead atoms. The van der Waals surface area contributed by atoms with Gasteiger partial charge in [-0.15, -0.1) is 6.42 Å². The Morgan fingerprint density at radius 2 is 2.62 bits per heavy atom. The molecule has 3 nitrogen and oxygen atoms in total. The Labute approximate surface area is 78.7 Å². The van der Waals surface area contributed by atoms with E-state index in [4.69, 9.17) is 11.3 Å². The lowest BCUT2D eigenvalue weighted by Crippen LogP contribution is -2.25. The first-order chi connectivity index (χ1) is 6.40. The molecule has 0 radical (unpaired) electrons. The van der Waals surface area contributed by atoms with Crippen LogP contribution in [0.15, 0.2) is 5.16 Å². The molecule has 0 spiro atoms. The smallest absolute Gasteiger partial charge is 0.177 e. The van der Waals surface area contributed by atoms with Crippen molar-refractivity contribution in [2.24, 2.45) is 11.1 Å². The highest BCUT2D eigenvalue weighted by molar-refractivity contribution is 5.90. The molecule has 0 amide bonds. The number of piperidine rings is 1. The normalized spacial score (nSPS) is 34.5. The summed E-state index contributed by atoms with van der Waals surface area (Å²) >= 11 is 0. The van der Waals surface area contributed by atoms with Crippen LogP contribution in [0.25, 0.3) is 0 Å². The minimum absolute atomic E-state index is 0.288. The van der Waals surface area contributed by atoms with E-state index in [1.54, 1.807) is 0 Å². The largest absolute Gasteiger partial charge is 0.383 e. The molecule has 3 heteroatoms. The number of terminal acetylenes is 1. The van der Waals surface area contributed by atoms with Crippen LogP contribution in [-0.2, 0) is 4.84 Å². The molecule has 70 valence electrons. The van der Waals surface area contributed by atoms with Gasteiger partial charge in [0.15, 0.2) is 6.61 Å². The minimum Gasteiger partial charge on any atom is -0.383 e. The van der Waals surface area contributed by atoms with E-state index in [-0.39, 0.29) is 6.61 Å². The summed E-state index contributed by atoms with van der Waals surface area (Å²) in [6, 6.07) is 0. The van der Waals surface area contributed by atoms with Crippen molar-refractivity contribution in [3.63, 3.8) is 0 Å². The fourth-order valence-corrected chi connectivity index (χ4v) is 2.09. The van der Waals surface area contributed by atoms with E-state index in [1.165, 1.54) is 25.1 Å². The fraction of sp³-hybridized carbons (Fsp3) is 0.700. The van der Waals surface area contributed by atoms with Gasteiger partial charge in [0, 0.05) is 19.0 Å². The molecule has 2 rings (SSSR count). The molecule has 0 aliphatic carbocycles. The summed E-state index contributed by atoms with van der Waals surface area (Å²) < 4.78 is 0. The molecule has 13 heavy (non-hydrogen) atoms. The van der Waals surface area contributed by atoms with E-state index < -0.39 is 0 Å². The molecule has 0 aromatic rings. The zero-order valence-electron chi connectivity index (χ0n) is 7.70. The van der Waals surface area contributed by atoms with Gasteiger partial charge >= 0.3 is 0 Å². The van der Waals surface area contributed by atoms with Crippen molar-refractivity contribution in [3.8, 4) is 12.3 Å². The Hall–Kier alpha value is -1.01. The molecular formula is C10H14N2O. The molecule has 0 aromatic heterocycles. The standard InChI is InChI=1S/C10H14N2O/c1-2-6-13-11-10-8-12-5-3-4-9(10)7-12/h1,9H,3-8H2/b11-10+. The highest BCUT2D eigenvalue weighted by atomic mass is 16.6. The first-order valence-electron chi connectivity index (χ1n) is 4.74. The van der Waals surface area contributed by atoms with Gasteiger partial charge in [0.05, 0.1) is 5.71 Å². The highest BCUT2D eigenvalue weighted by Gasteiger charge is 2.32. The van der Waals surface area contributed by atoms with Crippen molar-refractivity contribution in [1.82, 2.24) is 4.90 Å². The van der Waals surface area contributed by atoms with Crippen LogP contribution in [0.2, 0.25) is 0 Å². The van der Waals surface area contributed by atoms with Crippen LogP contribution < -0.4 is 0 Å². The summed E-state index contributed by atoms with van der Waals surface area (Å²) in [5.41, 5.74) is 1.19. The number of hydrogen-bond acceptors (Lipinski definition) is 3. The molecule has 2 saturated heterocycles. The zero-order chi connectivity index (χ0) is 9.10. The van der Waals surface area contributed by atoms with E-state index in [1.807, 2.05) is 0 Å². The van der Waals surface area contributed by atoms with Crippen LogP contribution in [0.3, 0.4) is 0 Å². The highest BCUT2D eigenvalue weighted by Crippen LogP contribution is 2.24. The Balaban J connectivity index is 1.93. The average Bonchev–Trinajstić information content (AvgIpc) is 2.42. The van der Waals surface area contributed by atoms with Gasteiger partial charge in [-0.3, -0.25) is 4.90 Å². The van der Waals surface area contributed by atoms with Crippen molar-refractivity contribution in [2.45, 2.75) is 12.8 Å². The third kappa shape index (κ3) is 1.84. The summed E-state index contributed by atoms with van der Waals surface area (Å²) in [5.74, 6) is 3.04. The van der Waals surface area contributed by atoms with Gasteiger partial charge in [-0.25, -0.2) is 0 Å². The van der Waals surface area contributed by atoms with Crippen LogP contribution in [0.1, 0.15) is 12.8 Å². The third-order valence-electron chi connectivity index (χ3n) is 2.69. The molecule has 2 heterocycles. The third-order valence-corrected chi connectivity index (χ3v) is 2.69. The quantitative estimate of drug-likeness (QED) is 0.353. The first-order valence-corrected chi connectivity index (χ1v) is 4.74. The molecule has 0 aromatic carbocycles. The Kier molecular flexibility index (Phi) is 2.51. The molecule has 2 unspecified atom stereocenters. The molecule has 2 fully saturated rings. The summed E-state index contributed by atoms with van der Waals surface area (Å²) in [5, 5.41) is 4.09. The van der Waals surface area contributed by atoms with E-state index in [9.17, 15) is 0 Å². The monoisotopic (exact) mass is 178 g/mol. The number of oxime groups is 1. The van der Waals surface area contributed by atoms with Gasteiger partial charge < -0.3 is 4.84 Å². The van der Waals surface area contributed by atoms with Gasteiger partial charge in [-0.1, -0.05) is 11.1 Å². The second-order valence-electron chi connectivity index (χ2n) is 3.63. The molecule has 2 atom stereocenters. The van der Waals surface area contributed by atoms with Gasteiger partial charge in [0.25, 0.3) is 0 Å². The maximum atomic E-state index is 5.07. The fourth-order valence-electron chi connectivity index (χ4n) is 2.09. The second-order valence-corrected chi connectivity index (χ2v) is 3.63. The molecule has 2 aliphatic rings. The Bertz CT molecular complexity index is 254.